The fraction of sp³-hybridized carbons (Fsp3) is 0.250. The SMILES string of the molecule is C#CC(C)NCc1ccc(C#N)cc1F. The van der Waals surface area contributed by atoms with Crippen LogP contribution in [0.5, 0.6) is 0 Å². The van der Waals surface area contributed by atoms with Crippen LogP contribution in [0.2, 0.25) is 0 Å². The largest absolute Gasteiger partial charge is 0.300 e. The Hall–Kier alpha value is -1.84. The Morgan fingerprint density at radius 2 is 2.33 bits per heavy atom. The summed E-state index contributed by atoms with van der Waals surface area (Å²) in [5.74, 6) is 2.11. The number of hydrogen-bond acceptors (Lipinski definition) is 2. The minimum absolute atomic E-state index is 0.0972. The van der Waals surface area contributed by atoms with E-state index in [1.807, 2.05) is 13.0 Å². The van der Waals surface area contributed by atoms with Crippen LogP contribution in [-0.2, 0) is 6.54 Å². The highest BCUT2D eigenvalue weighted by atomic mass is 19.1. The molecule has 0 saturated carbocycles. The van der Waals surface area contributed by atoms with Crippen molar-refractivity contribution in [3.05, 3.63) is 35.1 Å². The highest BCUT2D eigenvalue weighted by Crippen LogP contribution is 2.09. The van der Waals surface area contributed by atoms with Crippen LogP contribution in [0.25, 0.3) is 0 Å². The molecular formula is C12H11FN2. The molecular weight excluding hydrogens is 191 g/mol. The molecule has 1 aromatic rings. The van der Waals surface area contributed by atoms with Gasteiger partial charge >= 0.3 is 0 Å². The van der Waals surface area contributed by atoms with Crippen LogP contribution in [0, 0.1) is 29.5 Å². The van der Waals surface area contributed by atoms with Gasteiger partial charge in [-0.15, -0.1) is 6.42 Å². The van der Waals surface area contributed by atoms with Crippen LogP contribution in [0.1, 0.15) is 18.1 Å². The van der Waals surface area contributed by atoms with Gasteiger partial charge in [0.05, 0.1) is 17.7 Å². The van der Waals surface area contributed by atoms with E-state index in [0.29, 0.717) is 17.7 Å². The van der Waals surface area contributed by atoms with Crippen molar-refractivity contribution in [2.75, 3.05) is 0 Å². The topological polar surface area (TPSA) is 35.8 Å². The molecule has 0 aliphatic heterocycles. The minimum Gasteiger partial charge on any atom is -0.300 e. The van der Waals surface area contributed by atoms with Crippen LogP contribution in [0.4, 0.5) is 4.39 Å². The van der Waals surface area contributed by atoms with Crippen molar-refractivity contribution in [1.82, 2.24) is 5.32 Å². The van der Waals surface area contributed by atoms with Gasteiger partial charge in [0.15, 0.2) is 0 Å². The van der Waals surface area contributed by atoms with Gasteiger partial charge in [0, 0.05) is 12.1 Å². The summed E-state index contributed by atoms with van der Waals surface area (Å²) in [4.78, 5) is 0. The third-order valence-electron chi connectivity index (χ3n) is 2.03. The first-order chi connectivity index (χ1) is 7.17. The summed E-state index contributed by atoms with van der Waals surface area (Å²) < 4.78 is 13.3. The first-order valence-corrected chi connectivity index (χ1v) is 4.55. The van der Waals surface area contributed by atoms with Crippen LogP contribution in [-0.4, -0.2) is 6.04 Å². The van der Waals surface area contributed by atoms with Crippen molar-refractivity contribution < 1.29 is 4.39 Å². The molecule has 1 N–H and O–H groups in total. The predicted molar refractivity (Wildman–Crippen MR) is 56.2 cm³/mol. The number of terminal acetylenes is 1. The zero-order chi connectivity index (χ0) is 11.3. The third-order valence-corrected chi connectivity index (χ3v) is 2.03. The minimum atomic E-state index is -0.384. The molecule has 1 rings (SSSR count). The molecule has 0 aromatic heterocycles. The van der Waals surface area contributed by atoms with E-state index in [1.165, 1.54) is 6.07 Å². The van der Waals surface area contributed by atoms with Crippen molar-refractivity contribution in [2.24, 2.45) is 0 Å². The molecule has 76 valence electrons. The van der Waals surface area contributed by atoms with Gasteiger partial charge in [-0.1, -0.05) is 12.0 Å². The van der Waals surface area contributed by atoms with E-state index in [4.69, 9.17) is 11.7 Å². The van der Waals surface area contributed by atoms with Crippen molar-refractivity contribution >= 4 is 0 Å². The van der Waals surface area contributed by atoms with Crippen molar-refractivity contribution in [2.45, 2.75) is 19.5 Å². The van der Waals surface area contributed by atoms with E-state index in [9.17, 15) is 4.39 Å². The van der Waals surface area contributed by atoms with Gasteiger partial charge in [-0.05, 0) is 19.1 Å². The summed E-state index contributed by atoms with van der Waals surface area (Å²) in [7, 11) is 0. The lowest BCUT2D eigenvalue weighted by molar-refractivity contribution is 0.577. The van der Waals surface area contributed by atoms with Gasteiger partial charge in [0.2, 0.25) is 0 Å². The lowest BCUT2D eigenvalue weighted by Crippen LogP contribution is -2.24. The van der Waals surface area contributed by atoms with Crippen LogP contribution < -0.4 is 5.32 Å². The quantitative estimate of drug-likeness (QED) is 0.759. The van der Waals surface area contributed by atoms with Crippen LogP contribution in [0.3, 0.4) is 0 Å². The highest BCUT2D eigenvalue weighted by molar-refractivity contribution is 5.32. The molecule has 0 bridgehead atoms. The van der Waals surface area contributed by atoms with E-state index < -0.39 is 0 Å². The molecule has 1 unspecified atom stereocenters. The predicted octanol–water partition coefficient (Wildman–Crippen LogP) is 1.81. The fourth-order valence-corrected chi connectivity index (χ4v) is 1.08. The third kappa shape index (κ3) is 3.09. The highest BCUT2D eigenvalue weighted by Gasteiger charge is 2.04. The second-order valence-corrected chi connectivity index (χ2v) is 3.19. The molecule has 3 heteroatoms. The van der Waals surface area contributed by atoms with Gasteiger partial charge in [0.25, 0.3) is 0 Å². The van der Waals surface area contributed by atoms with E-state index >= 15 is 0 Å². The van der Waals surface area contributed by atoms with Gasteiger partial charge in [-0.25, -0.2) is 4.39 Å². The van der Waals surface area contributed by atoms with Gasteiger partial charge < -0.3 is 0 Å². The Labute approximate surface area is 88.7 Å². The number of nitrogens with zero attached hydrogens (tertiary/aromatic N) is 1. The molecule has 1 atom stereocenters. The molecule has 0 saturated heterocycles. The maximum atomic E-state index is 13.3. The Kier molecular flexibility index (Phi) is 3.85. The monoisotopic (exact) mass is 202 g/mol. The molecule has 0 spiro atoms. The van der Waals surface area contributed by atoms with E-state index in [-0.39, 0.29) is 11.9 Å². The van der Waals surface area contributed by atoms with Crippen LogP contribution in [0.15, 0.2) is 18.2 Å². The average molecular weight is 202 g/mol. The summed E-state index contributed by atoms with van der Waals surface area (Å²) in [6.45, 7) is 2.18. The smallest absolute Gasteiger partial charge is 0.129 e. The van der Waals surface area contributed by atoms with Gasteiger partial charge in [-0.2, -0.15) is 5.26 Å². The number of rotatable bonds is 3. The first kappa shape index (κ1) is 11.2. The van der Waals surface area contributed by atoms with Gasteiger partial charge in [-0.3, -0.25) is 5.32 Å². The first-order valence-electron chi connectivity index (χ1n) is 4.55. The molecule has 2 nitrogen and oxygen atoms in total. The normalized spacial score (nSPS) is 11.5. The average Bonchev–Trinajstić information content (AvgIpc) is 2.26. The molecule has 15 heavy (non-hydrogen) atoms. The molecule has 1 aromatic carbocycles. The molecule has 0 radical (unpaired) electrons. The number of halogens is 1. The summed E-state index contributed by atoms with van der Waals surface area (Å²) >= 11 is 0. The van der Waals surface area contributed by atoms with Crippen molar-refractivity contribution in [3.8, 4) is 18.4 Å². The molecule has 0 amide bonds. The zero-order valence-corrected chi connectivity index (χ0v) is 8.42. The zero-order valence-electron chi connectivity index (χ0n) is 8.42. The van der Waals surface area contributed by atoms with E-state index in [0.717, 1.165) is 0 Å². The van der Waals surface area contributed by atoms with Gasteiger partial charge in [0.1, 0.15) is 5.82 Å². The molecule has 0 heterocycles. The van der Waals surface area contributed by atoms with E-state index in [2.05, 4.69) is 11.2 Å². The number of benzene rings is 1. The van der Waals surface area contributed by atoms with Crippen LogP contribution >= 0.6 is 0 Å². The second-order valence-electron chi connectivity index (χ2n) is 3.19. The maximum Gasteiger partial charge on any atom is 0.129 e. The fourth-order valence-electron chi connectivity index (χ4n) is 1.08. The standard InChI is InChI=1S/C12H11FN2/c1-3-9(2)15-8-11-5-4-10(7-14)6-12(11)13/h1,4-6,9,15H,8H2,2H3. The molecule has 0 aliphatic rings. The number of hydrogen-bond donors (Lipinski definition) is 1. The van der Waals surface area contributed by atoms with Crippen molar-refractivity contribution in [1.29, 1.82) is 5.26 Å². The summed E-state index contributed by atoms with van der Waals surface area (Å²) in [6, 6.07) is 6.17. The summed E-state index contributed by atoms with van der Waals surface area (Å²) in [5.41, 5.74) is 0.831. The second kappa shape index (κ2) is 5.14. The molecule has 0 fully saturated rings. The Balaban J connectivity index is 2.72. The summed E-state index contributed by atoms with van der Waals surface area (Å²) in [5, 5.41) is 11.5. The Bertz CT molecular complexity index is 426. The molecule has 0 aliphatic carbocycles. The van der Waals surface area contributed by atoms with Crippen molar-refractivity contribution in [3.63, 3.8) is 0 Å². The Morgan fingerprint density at radius 3 is 2.87 bits per heavy atom. The number of nitriles is 1. The Morgan fingerprint density at radius 1 is 1.60 bits per heavy atom. The lowest BCUT2D eigenvalue weighted by atomic mass is 10.1. The lowest BCUT2D eigenvalue weighted by Gasteiger charge is -2.08. The summed E-state index contributed by atoms with van der Waals surface area (Å²) in [6.07, 6.45) is 5.17. The maximum absolute atomic E-state index is 13.3. The van der Waals surface area contributed by atoms with E-state index in [1.54, 1.807) is 12.1 Å². The number of nitrogens with one attached hydrogen (secondary N) is 1.